The van der Waals surface area contributed by atoms with Crippen molar-refractivity contribution in [3.05, 3.63) is 21.9 Å². The van der Waals surface area contributed by atoms with Crippen LogP contribution in [-0.2, 0) is 6.54 Å². The molecule has 0 radical (unpaired) electrons. The molecule has 1 aliphatic heterocycles. The van der Waals surface area contributed by atoms with E-state index in [1.165, 1.54) is 16.2 Å². The molecule has 0 amide bonds. The van der Waals surface area contributed by atoms with Crippen LogP contribution in [0.25, 0.3) is 0 Å². The Labute approximate surface area is 143 Å². The van der Waals surface area contributed by atoms with E-state index in [0.29, 0.717) is 0 Å². The van der Waals surface area contributed by atoms with Crippen LogP contribution < -0.4 is 5.32 Å². The van der Waals surface area contributed by atoms with E-state index in [-0.39, 0.29) is 24.0 Å². The standard InChI is InChI=1S/C15H25N3S.HI/c1-11-7-12(2)10-18(9-11)15(16-4)17-8-14-6-5-13(3)19-14;/h5-6,11-12H,7-10H2,1-4H3,(H,16,17);1H. The fourth-order valence-electron chi connectivity index (χ4n) is 2.91. The van der Waals surface area contributed by atoms with E-state index in [1.54, 1.807) is 0 Å². The van der Waals surface area contributed by atoms with Gasteiger partial charge in [0.1, 0.15) is 0 Å². The summed E-state index contributed by atoms with van der Waals surface area (Å²) in [5, 5.41) is 3.50. The monoisotopic (exact) mass is 407 g/mol. The smallest absolute Gasteiger partial charge is 0.193 e. The molecule has 2 atom stereocenters. The summed E-state index contributed by atoms with van der Waals surface area (Å²) in [6.07, 6.45) is 1.33. The third kappa shape index (κ3) is 4.91. The third-order valence-electron chi connectivity index (χ3n) is 3.60. The van der Waals surface area contributed by atoms with E-state index in [9.17, 15) is 0 Å². The van der Waals surface area contributed by atoms with E-state index in [1.807, 2.05) is 18.4 Å². The molecule has 0 aromatic carbocycles. The lowest BCUT2D eigenvalue weighted by Crippen LogP contribution is -2.48. The maximum absolute atomic E-state index is 4.44. The molecule has 114 valence electrons. The predicted molar refractivity (Wildman–Crippen MR) is 99.2 cm³/mol. The van der Waals surface area contributed by atoms with Gasteiger partial charge in [-0.15, -0.1) is 35.3 Å². The van der Waals surface area contributed by atoms with Gasteiger partial charge in [0.25, 0.3) is 0 Å². The fourth-order valence-corrected chi connectivity index (χ4v) is 3.74. The summed E-state index contributed by atoms with van der Waals surface area (Å²) in [5.74, 6) is 2.56. The molecule has 0 spiro atoms. The van der Waals surface area contributed by atoms with Crippen molar-refractivity contribution in [3.63, 3.8) is 0 Å². The van der Waals surface area contributed by atoms with Crippen LogP contribution in [-0.4, -0.2) is 31.0 Å². The van der Waals surface area contributed by atoms with Crippen molar-refractivity contribution in [1.29, 1.82) is 0 Å². The number of hydrogen-bond acceptors (Lipinski definition) is 2. The normalized spacial score (nSPS) is 23.4. The first-order valence-corrected chi connectivity index (χ1v) is 7.91. The Morgan fingerprint density at radius 1 is 1.35 bits per heavy atom. The largest absolute Gasteiger partial charge is 0.351 e. The van der Waals surface area contributed by atoms with Crippen LogP contribution in [0, 0.1) is 18.8 Å². The zero-order valence-corrected chi connectivity index (χ0v) is 16.0. The molecule has 3 nitrogen and oxygen atoms in total. The molecule has 0 aliphatic carbocycles. The molecule has 20 heavy (non-hydrogen) atoms. The highest BCUT2D eigenvalue weighted by molar-refractivity contribution is 14.0. The lowest BCUT2D eigenvalue weighted by atomic mass is 9.92. The summed E-state index contributed by atoms with van der Waals surface area (Å²) >= 11 is 1.85. The van der Waals surface area contributed by atoms with Crippen molar-refractivity contribution in [1.82, 2.24) is 10.2 Å². The first kappa shape index (κ1) is 17.8. The van der Waals surface area contributed by atoms with Gasteiger partial charge in [0.05, 0.1) is 6.54 Å². The second-order valence-electron chi connectivity index (χ2n) is 5.76. The highest BCUT2D eigenvalue weighted by Crippen LogP contribution is 2.21. The topological polar surface area (TPSA) is 27.6 Å². The Hall–Kier alpha value is -0.300. The SMILES string of the molecule is CN=C(NCc1ccc(C)s1)N1CC(C)CC(C)C1.I. The second kappa shape index (κ2) is 8.22. The quantitative estimate of drug-likeness (QED) is 0.460. The van der Waals surface area contributed by atoms with E-state index < -0.39 is 0 Å². The van der Waals surface area contributed by atoms with Gasteiger partial charge in [-0.1, -0.05) is 13.8 Å². The molecule has 1 aliphatic rings. The lowest BCUT2D eigenvalue weighted by molar-refractivity contribution is 0.208. The number of likely N-dealkylation sites (tertiary alicyclic amines) is 1. The number of piperidine rings is 1. The van der Waals surface area contributed by atoms with Gasteiger partial charge in [-0.25, -0.2) is 0 Å². The van der Waals surface area contributed by atoms with Gasteiger partial charge in [-0.2, -0.15) is 0 Å². The summed E-state index contributed by atoms with van der Waals surface area (Å²) in [7, 11) is 1.88. The Morgan fingerprint density at radius 2 is 2.00 bits per heavy atom. The number of guanidine groups is 1. The van der Waals surface area contributed by atoms with Crippen molar-refractivity contribution >= 4 is 41.3 Å². The first-order valence-electron chi connectivity index (χ1n) is 7.09. The van der Waals surface area contributed by atoms with Crippen molar-refractivity contribution in [2.45, 2.75) is 33.7 Å². The molecule has 1 saturated heterocycles. The minimum absolute atomic E-state index is 0. The Kier molecular flexibility index (Phi) is 7.29. The lowest BCUT2D eigenvalue weighted by Gasteiger charge is -2.37. The van der Waals surface area contributed by atoms with Crippen molar-refractivity contribution in [3.8, 4) is 0 Å². The molecule has 2 rings (SSSR count). The summed E-state index contributed by atoms with van der Waals surface area (Å²) in [6, 6.07) is 4.37. The van der Waals surface area contributed by atoms with Gasteiger partial charge in [-0.3, -0.25) is 4.99 Å². The average molecular weight is 407 g/mol. The highest BCUT2D eigenvalue weighted by Gasteiger charge is 2.23. The summed E-state index contributed by atoms with van der Waals surface area (Å²) in [6.45, 7) is 9.93. The van der Waals surface area contributed by atoms with Crippen LogP contribution in [0.4, 0.5) is 0 Å². The minimum atomic E-state index is 0. The zero-order chi connectivity index (χ0) is 13.8. The second-order valence-corrected chi connectivity index (χ2v) is 7.14. The highest BCUT2D eigenvalue weighted by atomic mass is 127. The maximum atomic E-state index is 4.44. The molecule has 5 heteroatoms. The number of nitrogens with zero attached hydrogens (tertiary/aromatic N) is 2. The van der Waals surface area contributed by atoms with Crippen molar-refractivity contribution < 1.29 is 0 Å². The Morgan fingerprint density at radius 3 is 2.50 bits per heavy atom. The van der Waals surface area contributed by atoms with Crippen LogP contribution in [0.15, 0.2) is 17.1 Å². The predicted octanol–water partition coefficient (Wildman–Crippen LogP) is 3.73. The van der Waals surface area contributed by atoms with Gasteiger partial charge in [-0.05, 0) is 37.3 Å². The molecular formula is C15H26IN3S. The van der Waals surface area contributed by atoms with E-state index in [4.69, 9.17) is 0 Å². The van der Waals surface area contributed by atoms with Crippen molar-refractivity contribution in [2.24, 2.45) is 16.8 Å². The van der Waals surface area contributed by atoms with Crippen molar-refractivity contribution in [2.75, 3.05) is 20.1 Å². The van der Waals surface area contributed by atoms with E-state index in [2.05, 4.69) is 48.1 Å². The fraction of sp³-hybridized carbons (Fsp3) is 0.667. The molecule has 1 aromatic rings. The maximum Gasteiger partial charge on any atom is 0.193 e. The molecule has 1 aromatic heterocycles. The Bertz CT molecular complexity index is 434. The van der Waals surface area contributed by atoms with Gasteiger partial charge < -0.3 is 10.2 Å². The molecule has 1 fully saturated rings. The molecule has 1 N–H and O–H groups in total. The van der Waals surface area contributed by atoms with Crippen LogP contribution in [0.1, 0.15) is 30.0 Å². The van der Waals surface area contributed by atoms with Crippen LogP contribution >= 0.6 is 35.3 Å². The van der Waals surface area contributed by atoms with Crippen LogP contribution in [0.2, 0.25) is 0 Å². The third-order valence-corrected chi connectivity index (χ3v) is 4.60. The number of thiophene rings is 1. The zero-order valence-electron chi connectivity index (χ0n) is 12.8. The number of hydrogen-bond donors (Lipinski definition) is 1. The van der Waals surface area contributed by atoms with Gasteiger partial charge in [0.15, 0.2) is 5.96 Å². The van der Waals surface area contributed by atoms with E-state index >= 15 is 0 Å². The first-order chi connectivity index (χ1) is 9.08. The Balaban J connectivity index is 0.00000200. The minimum Gasteiger partial charge on any atom is -0.351 e. The van der Waals surface area contributed by atoms with Crippen LogP contribution in [0.5, 0.6) is 0 Å². The number of aryl methyl sites for hydroxylation is 1. The number of halogens is 1. The summed E-state index contributed by atoms with van der Waals surface area (Å²) < 4.78 is 0. The molecule has 0 bridgehead atoms. The molecular weight excluding hydrogens is 381 g/mol. The van der Waals surface area contributed by atoms with Crippen LogP contribution in [0.3, 0.4) is 0 Å². The summed E-state index contributed by atoms with van der Waals surface area (Å²) in [5.41, 5.74) is 0. The summed E-state index contributed by atoms with van der Waals surface area (Å²) in [4.78, 5) is 9.58. The van der Waals surface area contributed by atoms with Gasteiger partial charge in [0.2, 0.25) is 0 Å². The number of aliphatic imine (C=N–C) groups is 1. The molecule has 2 unspecified atom stereocenters. The van der Waals surface area contributed by atoms with E-state index in [0.717, 1.165) is 37.4 Å². The molecule has 2 heterocycles. The van der Waals surface area contributed by atoms with Gasteiger partial charge >= 0.3 is 0 Å². The molecule has 0 saturated carbocycles. The number of nitrogens with one attached hydrogen (secondary N) is 1. The average Bonchev–Trinajstić information content (AvgIpc) is 2.75. The number of rotatable bonds is 2. The van der Waals surface area contributed by atoms with Gasteiger partial charge in [0, 0.05) is 29.9 Å².